The van der Waals surface area contributed by atoms with Gasteiger partial charge in [0.05, 0.1) is 7.11 Å². The molecule has 0 saturated carbocycles. The van der Waals surface area contributed by atoms with Crippen molar-refractivity contribution in [1.82, 2.24) is 4.90 Å². The van der Waals surface area contributed by atoms with E-state index in [0.29, 0.717) is 11.5 Å². The maximum absolute atomic E-state index is 12.3. The fourth-order valence-corrected chi connectivity index (χ4v) is 2.11. The molecule has 6 nitrogen and oxygen atoms in total. The number of amides is 2. The van der Waals surface area contributed by atoms with Gasteiger partial charge in [0, 0.05) is 19.2 Å². The van der Waals surface area contributed by atoms with E-state index in [1.54, 1.807) is 36.2 Å². The van der Waals surface area contributed by atoms with Crippen molar-refractivity contribution < 1.29 is 19.1 Å². The number of primary amides is 1. The number of likely N-dealkylation sites (N-methyl/N-ethyl adjacent to an activating group) is 1. The van der Waals surface area contributed by atoms with Crippen LogP contribution in [0.5, 0.6) is 11.5 Å². The van der Waals surface area contributed by atoms with E-state index in [1.165, 1.54) is 13.2 Å². The Labute approximate surface area is 149 Å². The zero-order valence-electron chi connectivity index (χ0n) is 15.8. The zero-order chi connectivity index (χ0) is 19.2. The van der Waals surface area contributed by atoms with E-state index in [4.69, 9.17) is 15.2 Å². The van der Waals surface area contributed by atoms with Crippen LogP contribution in [0.25, 0.3) is 6.08 Å². The van der Waals surface area contributed by atoms with Crippen LogP contribution >= 0.6 is 0 Å². The van der Waals surface area contributed by atoms with Crippen LogP contribution in [0.2, 0.25) is 0 Å². The Bertz CT molecular complexity index is 647. The molecule has 2 amide bonds. The van der Waals surface area contributed by atoms with Crippen molar-refractivity contribution in [3.05, 3.63) is 29.8 Å². The molecule has 0 aliphatic carbocycles. The molecule has 138 valence electrons. The molecule has 2 N–H and O–H groups in total. The summed E-state index contributed by atoms with van der Waals surface area (Å²) in [5.74, 6) is 0.249. The number of benzene rings is 1. The first-order valence-corrected chi connectivity index (χ1v) is 8.10. The average molecular weight is 348 g/mol. The van der Waals surface area contributed by atoms with Crippen LogP contribution in [-0.2, 0) is 9.59 Å². The molecule has 6 heteroatoms. The summed E-state index contributed by atoms with van der Waals surface area (Å²) in [6, 6.07) is 5.28. The Morgan fingerprint density at radius 1 is 1.28 bits per heavy atom. The summed E-state index contributed by atoms with van der Waals surface area (Å²) in [4.78, 5) is 24.9. The summed E-state index contributed by atoms with van der Waals surface area (Å²) in [5.41, 5.74) is 5.85. The fourth-order valence-electron chi connectivity index (χ4n) is 2.11. The van der Waals surface area contributed by atoms with E-state index < -0.39 is 5.91 Å². The third kappa shape index (κ3) is 6.14. The van der Waals surface area contributed by atoms with Gasteiger partial charge < -0.3 is 20.1 Å². The number of rotatable bonds is 7. The van der Waals surface area contributed by atoms with Crippen molar-refractivity contribution in [2.45, 2.75) is 33.7 Å². The number of hydrogen-bond acceptors (Lipinski definition) is 4. The summed E-state index contributed by atoms with van der Waals surface area (Å²) in [6.45, 7) is 8.10. The Morgan fingerprint density at radius 3 is 2.44 bits per heavy atom. The molecule has 1 atom stereocenters. The van der Waals surface area contributed by atoms with Gasteiger partial charge in [-0.15, -0.1) is 0 Å². The summed E-state index contributed by atoms with van der Waals surface area (Å²) >= 11 is 0. The monoisotopic (exact) mass is 348 g/mol. The number of nitrogens with zero attached hydrogens (tertiary/aromatic N) is 1. The van der Waals surface area contributed by atoms with Crippen LogP contribution in [0.4, 0.5) is 0 Å². The number of carbonyl (C=O) groups excluding carboxylic acids is 2. The van der Waals surface area contributed by atoms with E-state index in [-0.39, 0.29) is 24.0 Å². The minimum atomic E-state index is -0.562. The normalized spacial score (nSPS) is 12.7. The third-order valence-corrected chi connectivity index (χ3v) is 4.16. The van der Waals surface area contributed by atoms with E-state index >= 15 is 0 Å². The molecule has 1 rings (SSSR count). The fraction of sp³-hybridized carbons (Fsp3) is 0.474. The predicted octanol–water partition coefficient (Wildman–Crippen LogP) is 2.47. The molecule has 1 aromatic rings. The first-order valence-electron chi connectivity index (χ1n) is 8.10. The lowest BCUT2D eigenvalue weighted by Gasteiger charge is -2.34. The molecule has 1 aromatic carbocycles. The third-order valence-electron chi connectivity index (χ3n) is 4.16. The predicted molar refractivity (Wildman–Crippen MR) is 98.4 cm³/mol. The second-order valence-electron chi connectivity index (χ2n) is 6.99. The quantitative estimate of drug-likeness (QED) is 0.768. The minimum Gasteiger partial charge on any atom is -0.493 e. The van der Waals surface area contributed by atoms with Gasteiger partial charge in [-0.2, -0.15) is 0 Å². The van der Waals surface area contributed by atoms with Gasteiger partial charge in [0.1, 0.15) is 0 Å². The highest BCUT2D eigenvalue weighted by molar-refractivity contribution is 5.92. The van der Waals surface area contributed by atoms with E-state index in [9.17, 15) is 9.59 Å². The first kappa shape index (κ1) is 20.5. The molecule has 0 spiro atoms. The van der Waals surface area contributed by atoms with Crippen molar-refractivity contribution >= 4 is 17.9 Å². The average Bonchev–Trinajstić information content (AvgIpc) is 2.55. The maximum atomic E-state index is 12.3. The van der Waals surface area contributed by atoms with Gasteiger partial charge in [0.2, 0.25) is 5.91 Å². The molecule has 0 radical (unpaired) electrons. The van der Waals surface area contributed by atoms with E-state index in [0.717, 1.165) is 5.56 Å². The Hall–Kier alpha value is -2.50. The number of carbonyl (C=O) groups is 2. The highest BCUT2D eigenvalue weighted by Gasteiger charge is 2.25. The van der Waals surface area contributed by atoms with Crippen LogP contribution in [0, 0.1) is 5.41 Å². The number of nitrogens with two attached hydrogens (primary N) is 1. The molecule has 0 saturated heterocycles. The molecule has 0 heterocycles. The topological polar surface area (TPSA) is 81.9 Å². The molecule has 25 heavy (non-hydrogen) atoms. The summed E-state index contributed by atoms with van der Waals surface area (Å²) in [6.07, 6.45) is 3.25. The summed E-state index contributed by atoms with van der Waals surface area (Å²) < 4.78 is 10.5. The van der Waals surface area contributed by atoms with Crippen LogP contribution in [0.3, 0.4) is 0 Å². The standard InChI is InChI=1S/C19H28N2O4/c1-13(19(2,3)4)21(5)18(23)10-8-14-7-9-15(16(11-14)24-6)25-12-17(20)22/h7-11,13H,12H2,1-6H3,(H2,20,22)/b10-8+. The largest absolute Gasteiger partial charge is 0.493 e. The molecular weight excluding hydrogens is 320 g/mol. The molecule has 0 fully saturated rings. The highest BCUT2D eigenvalue weighted by Crippen LogP contribution is 2.28. The second kappa shape index (κ2) is 8.55. The van der Waals surface area contributed by atoms with Crippen LogP contribution in [-0.4, -0.2) is 43.5 Å². The molecule has 1 unspecified atom stereocenters. The Kier molecular flexibility index (Phi) is 7.03. The van der Waals surface area contributed by atoms with Crippen molar-refractivity contribution in [3.63, 3.8) is 0 Å². The van der Waals surface area contributed by atoms with Gasteiger partial charge >= 0.3 is 0 Å². The Morgan fingerprint density at radius 2 is 1.92 bits per heavy atom. The Balaban J connectivity index is 2.86. The van der Waals surface area contributed by atoms with Crippen molar-refractivity contribution in [2.75, 3.05) is 20.8 Å². The lowest BCUT2D eigenvalue weighted by atomic mass is 9.87. The minimum absolute atomic E-state index is 0.000877. The van der Waals surface area contributed by atoms with Gasteiger partial charge in [-0.3, -0.25) is 9.59 Å². The van der Waals surface area contributed by atoms with Crippen LogP contribution in [0.1, 0.15) is 33.3 Å². The molecule has 0 aliphatic heterocycles. The molecular formula is C19H28N2O4. The van der Waals surface area contributed by atoms with Gasteiger partial charge in [-0.05, 0) is 36.1 Å². The maximum Gasteiger partial charge on any atom is 0.255 e. The van der Waals surface area contributed by atoms with Gasteiger partial charge in [-0.25, -0.2) is 0 Å². The van der Waals surface area contributed by atoms with Crippen molar-refractivity contribution in [1.29, 1.82) is 0 Å². The number of hydrogen-bond donors (Lipinski definition) is 1. The number of ether oxygens (including phenoxy) is 2. The van der Waals surface area contributed by atoms with Gasteiger partial charge in [0.25, 0.3) is 5.91 Å². The number of methoxy groups -OCH3 is 1. The van der Waals surface area contributed by atoms with E-state index in [2.05, 4.69) is 20.8 Å². The highest BCUT2D eigenvalue weighted by atomic mass is 16.5. The smallest absolute Gasteiger partial charge is 0.255 e. The lowest BCUT2D eigenvalue weighted by molar-refractivity contribution is -0.128. The summed E-state index contributed by atoms with van der Waals surface area (Å²) in [5, 5.41) is 0. The lowest BCUT2D eigenvalue weighted by Crippen LogP contribution is -2.42. The zero-order valence-corrected chi connectivity index (χ0v) is 15.8. The summed E-state index contributed by atoms with van der Waals surface area (Å²) in [7, 11) is 3.30. The van der Waals surface area contributed by atoms with Crippen LogP contribution in [0.15, 0.2) is 24.3 Å². The second-order valence-corrected chi connectivity index (χ2v) is 6.99. The SMILES string of the molecule is COc1cc(/C=C/C(=O)N(C)C(C)C(C)(C)C)ccc1OCC(N)=O. The van der Waals surface area contributed by atoms with Gasteiger partial charge in [0.15, 0.2) is 18.1 Å². The van der Waals surface area contributed by atoms with Crippen molar-refractivity contribution in [3.8, 4) is 11.5 Å². The molecule has 0 aliphatic rings. The first-order chi connectivity index (χ1) is 11.6. The van der Waals surface area contributed by atoms with Gasteiger partial charge in [-0.1, -0.05) is 26.8 Å². The van der Waals surface area contributed by atoms with E-state index in [1.807, 2.05) is 6.92 Å². The molecule has 0 aromatic heterocycles. The van der Waals surface area contributed by atoms with Crippen LogP contribution < -0.4 is 15.2 Å². The van der Waals surface area contributed by atoms with Crippen molar-refractivity contribution in [2.24, 2.45) is 11.1 Å². The molecule has 0 bridgehead atoms.